The van der Waals surface area contributed by atoms with Crippen molar-refractivity contribution in [3.63, 3.8) is 0 Å². The third-order valence-corrected chi connectivity index (χ3v) is 4.22. The minimum absolute atomic E-state index is 0.00319. The molecule has 1 aliphatic heterocycles. The van der Waals surface area contributed by atoms with Crippen LogP contribution in [-0.4, -0.2) is 23.2 Å². The quantitative estimate of drug-likeness (QED) is 0.897. The molecule has 0 radical (unpaired) electrons. The second-order valence-electron chi connectivity index (χ2n) is 5.68. The second kappa shape index (κ2) is 4.82. The van der Waals surface area contributed by atoms with Gasteiger partial charge in [0.2, 0.25) is 0 Å². The van der Waals surface area contributed by atoms with Gasteiger partial charge in [-0.1, -0.05) is 38.1 Å². The molecule has 19 heavy (non-hydrogen) atoms. The molecule has 100 valence electrons. The van der Waals surface area contributed by atoms with E-state index in [9.17, 15) is 5.11 Å². The Kier molecular flexibility index (Phi) is 3.15. The molecule has 1 aromatic heterocycles. The van der Waals surface area contributed by atoms with Gasteiger partial charge >= 0.3 is 0 Å². The van der Waals surface area contributed by atoms with Crippen LogP contribution in [0.25, 0.3) is 10.8 Å². The summed E-state index contributed by atoms with van der Waals surface area (Å²) in [6.07, 6.45) is 0. The largest absolute Gasteiger partial charge is 0.390 e. The molecule has 1 fully saturated rings. The number of fused-ring (bicyclic) bond motifs is 1. The third-order valence-electron chi connectivity index (χ3n) is 4.22. The molecule has 0 spiro atoms. The van der Waals surface area contributed by atoms with E-state index in [2.05, 4.69) is 41.9 Å². The number of nitrogens with zero attached hydrogens (tertiary/aromatic N) is 2. The zero-order valence-corrected chi connectivity index (χ0v) is 11.5. The van der Waals surface area contributed by atoms with Crippen LogP contribution in [0.2, 0.25) is 0 Å². The maximum absolute atomic E-state index is 9.39. The normalized spacial score (nSPS) is 23.2. The molecule has 2 unspecified atom stereocenters. The van der Waals surface area contributed by atoms with Crippen molar-refractivity contribution in [1.82, 2.24) is 4.98 Å². The summed E-state index contributed by atoms with van der Waals surface area (Å²) in [5, 5.41) is 11.7. The highest BCUT2D eigenvalue weighted by atomic mass is 16.3. The van der Waals surface area contributed by atoms with Gasteiger partial charge in [0.25, 0.3) is 0 Å². The predicted octanol–water partition coefficient (Wildman–Crippen LogP) is 2.82. The zero-order chi connectivity index (χ0) is 13.4. The van der Waals surface area contributed by atoms with Crippen LogP contribution in [0.15, 0.2) is 30.3 Å². The molecule has 3 heteroatoms. The highest BCUT2D eigenvalue weighted by Gasteiger charge is 2.28. The molecular formula is C16H20N2O. The van der Waals surface area contributed by atoms with Gasteiger partial charge in [-0.15, -0.1) is 0 Å². The first-order valence-corrected chi connectivity index (χ1v) is 6.93. The Bertz CT molecular complexity index is 586. The van der Waals surface area contributed by atoms with Gasteiger partial charge in [0.1, 0.15) is 5.82 Å². The van der Waals surface area contributed by atoms with E-state index in [-0.39, 0.29) is 6.61 Å². The maximum Gasteiger partial charge on any atom is 0.136 e. The van der Waals surface area contributed by atoms with Crippen LogP contribution in [0, 0.1) is 11.8 Å². The van der Waals surface area contributed by atoms with Gasteiger partial charge in [-0.2, -0.15) is 0 Å². The summed E-state index contributed by atoms with van der Waals surface area (Å²) in [5.74, 6) is 2.41. The number of rotatable bonds is 2. The molecule has 3 nitrogen and oxygen atoms in total. The number of benzene rings is 1. The topological polar surface area (TPSA) is 36.4 Å². The van der Waals surface area contributed by atoms with Gasteiger partial charge in [-0.25, -0.2) is 4.98 Å². The van der Waals surface area contributed by atoms with Crippen molar-refractivity contribution < 1.29 is 5.11 Å². The highest BCUT2D eigenvalue weighted by molar-refractivity contribution is 5.92. The maximum atomic E-state index is 9.39. The van der Waals surface area contributed by atoms with E-state index in [0.717, 1.165) is 30.0 Å². The third kappa shape index (κ3) is 2.19. The Labute approximate surface area is 113 Å². The van der Waals surface area contributed by atoms with Crippen LogP contribution in [-0.2, 0) is 6.61 Å². The molecule has 2 aromatic rings. The molecule has 0 bridgehead atoms. The lowest BCUT2D eigenvalue weighted by Crippen LogP contribution is -2.21. The lowest BCUT2D eigenvalue weighted by molar-refractivity contribution is 0.277. The van der Waals surface area contributed by atoms with Crippen LogP contribution >= 0.6 is 0 Å². The van der Waals surface area contributed by atoms with E-state index >= 15 is 0 Å². The molecule has 0 amide bonds. The summed E-state index contributed by atoms with van der Waals surface area (Å²) in [7, 11) is 0. The summed E-state index contributed by atoms with van der Waals surface area (Å²) in [5.41, 5.74) is 0.751. The van der Waals surface area contributed by atoms with E-state index in [1.807, 2.05) is 12.1 Å². The molecular weight excluding hydrogens is 236 g/mol. The minimum Gasteiger partial charge on any atom is -0.390 e. The fraction of sp³-hybridized carbons (Fsp3) is 0.438. The number of aliphatic hydroxyl groups is 1. The number of aromatic nitrogens is 1. The SMILES string of the molecule is CC1CN(c2nc(CO)cc3ccccc23)CC1C. The van der Waals surface area contributed by atoms with Gasteiger partial charge in [0.05, 0.1) is 12.3 Å². The smallest absolute Gasteiger partial charge is 0.136 e. The zero-order valence-electron chi connectivity index (χ0n) is 11.5. The summed E-state index contributed by atoms with van der Waals surface area (Å²) < 4.78 is 0. The lowest BCUT2D eigenvalue weighted by atomic mass is 10.0. The van der Waals surface area contributed by atoms with Crippen LogP contribution < -0.4 is 4.90 Å². The molecule has 2 atom stereocenters. The van der Waals surface area contributed by atoms with E-state index in [4.69, 9.17) is 0 Å². The number of hydrogen-bond acceptors (Lipinski definition) is 3. The van der Waals surface area contributed by atoms with Crippen LogP contribution in [0.5, 0.6) is 0 Å². The molecule has 3 rings (SSSR count). The number of hydrogen-bond donors (Lipinski definition) is 1. The summed E-state index contributed by atoms with van der Waals surface area (Å²) >= 11 is 0. The lowest BCUT2D eigenvalue weighted by Gasteiger charge is -2.20. The van der Waals surface area contributed by atoms with Crippen LogP contribution in [0.3, 0.4) is 0 Å². The van der Waals surface area contributed by atoms with Crippen molar-refractivity contribution in [2.75, 3.05) is 18.0 Å². The highest BCUT2D eigenvalue weighted by Crippen LogP contribution is 2.32. The molecule has 1 saturated heterocycles. The number of pyridine rings is 1. The van der Waals surface area contributed by atoms with Crippen LogP contribution in [0.1, 0.15) is 19.5 Å². The molecule has 1 N–H and O–H groups in total. The Morgan fingerprint density at radius 3 is 2.58 bits per heavy atom. The Balaban J connectivity index is 2.11. The average molecular weight is 256 g/mol. The number of aliphatic hydroxyl groups excluding tert-OH is 1. The monoisotopic (exact) mass is 256 g/mol. The van der Waals surface area contributed by atoms with E-state index in [0.29, 0.717) is 11.8 Å². The Morgan fingerprint density at radius 1 is 1.21 bits per heavy atom. The molecule has 1 aliphatic rings. The molecule has 1 aromatic carbocycles. The summed E-state index contributed by atoms with van der Waals surface area (Å²) in [4.78, 5) is 7.00. The van der Waals surface area contributed by atoms with E-state index < -0.39 is 0 Å². The van der Waals surface area contributed by atoms with Crippen molar-refractivity contribution in [1.29, 1.82) is 0 Å². The van der Waals surface area contributed by atoms with Crippen molar-refractivity contribution in [3.05, 3.63) is 36.0 Å². The molecule has 2 heterocycles. The van der Waals surface area contributed by atoms with Crippen molar-refractivity contribution in [2.45, 2.75) is 20.5 Å². The Hall–Kier alpha value is -1.61. The first-order chi connectivity index (χ1) is 9.19. The van der Waals surface area contributed by atoms with Crippen molar-refractivity contribution in [3.8, 4) is 0 Å². The van der Waals surface area contributed by atoms with Gasteiger partial charge < -0.3 is 10.0 Å². The average Bonchev–Trinajstić information content (AvgIpc) is 2.77. The van der Waals surface area contributed by atoms with Gasteiger partial charge in [0, 0.05) is 18.5 Å². The first-order valence-electron chi connectivity index (χ1n) is 6.93. The van der Waals surface area contributed by atoms with E-state index in [1.54, 1.807) is 0 Å². The van der Waals surface area contributed by atoms with E-state index in [1.165, 1.54) is 5.39 Å². The minimum atomic E-state index is -0.00319. The fourth-order valence-electron chi connectivity index (χ4n) is 2.86. The first kappa shape index (κ1) is 12.4. The van der Waals surface area contributed by atoms with Gasteiger partial charge in [-0.05, 0) is 23.3 Å². The predicted molar refractivity (Wildman–Crippen MR) is 78.2 cm³/mol. The van der Waals surface area contributed by atoms with Crippen molar-refractivity contribution >= 4 is 16.6 Å². The molecule has 0 saturated carbocycles. The van der Waals surface area contributed by atoms with Crippen LogP contribution in [0.4, 0.5) is 5.82 Å². The summed E-state index contributed by atoms with van der Waals surface area (Å²) in [6.45, 7) is 6.68. The Morgan fingerprint density at radius 2 is 1.89 bits per heavy atom. The van der Waals surface area contributed by atoms with Crippen molar-refractivity contribution in [2.24, 2.45) is 11.8 Å². The second-order valence-corrected chi connectivity index (χ2v) is 5.68. The van der Waals surface area contributed by atoms with Gasteiger partial charge in [-0.3, -0.25) is 0 Å². The standard InChI is InChI=1S/C16H20N2O/c1-11-8-18(9-12(11)2)16-15-6-4-3-5-13(15)7-14(10-19)17-16/h3-7,11-12,19H,8-10H2,1-2H3. The summed E-state index contributed by atoms with van der Waals surface area (Å²) in [6, 6.07) is 10.3. The number of anilines is 1. The fourth-order valence-corrected chi connectivity index (χ4v) is 2.86. The molecule has 0 aliphatic carbocycles. The van der Waals surface area contributed by atoms with Gasteiger partial charge in [0.15, 0.2) is 0 Å².